The molecule has 94 valence electrons. The van der Waals surface area contributed by atoms with E-state index in [1.54, 1.807) is 0 Å². The van der Waals surface area contributed by atoms with Gasteiger partial charge in [0.15, 0.2) is 0 Å². The van der Waals surface area contributed by atoms with Crippen molar-refractivity contribution in [1.82, 2.24) is 0 Å². The molecule has 3 aromatic carbocycles. The number of benzene rings is 3. The maximum atomic E-state index is 6.37. The lowest BCUT2D eigenvalue weighted by atomic mass is 9.85. The van der Waals surface area contributed by atoms with E-state index in [9.17, 15) is 0 Å². The normalized spacial score (nSPS) is 10.7. The van der Waals surface area contributed by atoms with Crippen molar-refractivity contribution in [2.45, 2.75) is 5.92 Å². The van der Waals surface area contributed by atoms with Crippen LogP contribution in [0.4, 0.5) is 0 Å². The summed E-state index contributed by atoms with van der Waals surface area (Å²) in [5, 5.41) is 0.743. The van der Waals surface area contributed by atoms with Crippen LogP contribution in [0.1, 0.15) is 22.6 Å². The van der Waals surface area contributed by atoms with Gasteiger partial charge in [-0.1, -0.05) is 54.1 Å². The van der Waals surface area contributed by atoms with Gasteiger partial charge in [-0.2, -0.15) is 0 Å². The molecule has 0 fully saturated rings. The van der Waals surface area contributed by atoms with Gasteiger partial charge < -0.3 is 0 Å². The Balaban J connectivity index is 2.17. The van der Waals surface area contributed by atoms with Crippen LogP contribution in [0.2, 0.25) is 5.02 Å². The van der Waals surface area contributed by atoms with Crippen molar-refractivity contribution in [1.29, 1.82) is 0 Å². The molecule has 20 heavy (non-hydrogen) atoms. The minimum Gasteiger partial charge on any atom is -0.0840 e. The van der Waals surface area contributed by atoms with Crippen LogP contribution in [0.15, 0.2) is 60.7 Å². The molecular weight excluding hydrogens is 264 g/mol. The van der Waals surface area contributed by atoms with Crippen molar-refractivity contribution in [3.63, 3.8) is 0 Å². The van der Waals surface area contributed by atoms with E-state index in [0.717, 1.165) is 21.7 Å². The second-order valence-electron chi connectivity index (χ2n) is 4.44. The van der Waals surface area contributed by atoms with E-state index in [0.29, 0.717) is 0 Å². The Morgan fingerprint density at radius 3 is 1.90 bits per heavy atom. The third-order valence-corrected chi connectivity index (χ3v) is 3.52. The van der Waals surface area contributed by atoms with E-state index in [4.69, 9.17) is 11.6 Å². The fourth-order valence-electron chi connectivity index (χ4n) is 2.28. The average Bonchev–Trinajstić information content (AvgIpc) is 2.52. The van der Waals surface area contributed by atoms with Crippen LogP contribution in [0.5, 0.6) is 0 Å². The molecule has 0 spiro atoms. The van der Waals surface area contributed by atoms with Gasteiger partial charge in [-0.05, 0) is 59.2 Å². The molecule has 0 aliphatic heterocycles. The van der Waals surface area contributed by atoms with Crippen molar-refractivity contribution in [2.75, 3.05) is 0 Å². The summed E-state index contributed by atoms with van der Waals surface area (Å²) in [5.74, 6) is -0.00130. The maximum Gasteiger partial charge on any atom is 0.0447 e. The molecule has 0 amide bonds. The SMILES string of the molecule is Clc1ccccc1C(c1[c]cc[c]c1)c1[c]cc[c]c1. The molecule has 0 bridgehead atoms. The molecule has 1 heteroatoms. The van der Waals surface area contributed by atoms with Gasteiger partial charge in [0.05, 0.1) is 0 Å². The van der Waals surface area contributed by atoms with Crippen LogP contribution in [0.25, 0.3) is 0 Å². The van der Waals surface area contributed by atoms with Crippen molar-refractivity contribution >= 4 is 11.6 Å². The predicted octanol–water partition coefficient (Wildman–Crippen LogP) is 4.72. The van der Waals surface area contributed by atoms with Gasteiger partial charge >= 0.3 is 0 Å². The lowest BCUT2D eigenvalue weighted by molar-refractivity contribution is 0.972. The van der Waals surface area contributed by atoms with Crippen LogP contribution in [0, 0.1) is 24.3 Å². The first-order chi connectivity index (χ1) is 9.86. The zero-order valence-corrected chi connectivity index (χ0v) is 11.5. The van der Waals surface area contributed by atoms with Crippen molar-refractivity contribution in [3.05, 3.63) is 107 Å². The van der Waals surface area contributed by atoms with Gasteiger partial charge in [-0.25, -0.2) is 0 Å². The van der Waals surface area contributed by atoms with E-state index in [1.807, 2.05) is 60.7 Å². The molecule has 0 N–H and O–H groups in total. The Labute approximate surface area is 124 Å². The molecule has 0 aliphatic rings. The molecule has 0 heterocycles. The standard InChI is InChI=1S/C19H11Cl/c20-18-14-8-7-13-17(18)19(15-9-3-1-4-10-15)16-11-5-2-6-12-16/h1-3,5,7-8,10,12-14,19H. The summed E-state index contributed by atoms with van der Waals surface area (Å²) < 4.78 is 0. The second kappa shape index (κ2) is 5.94. The smallest absolute Gasteiger partial charge is 0.0447 e. The third-order valence-electron chi connectivity index (χ3n) is 3.18. The van der Waals surface area contributed by atoms with Crippen LogP contribution in [-0.2, 0) is 0 Å². The first kappa shape index (κ1) is 13.0. The molecular formula is C19H11Cl. The largest absolute Gasteiger partial charge is 0.0840 e. The summed E-state index contributed by atoms with van der Waals surface area (Å²) in [7, 11) is 0. The molecule has 3 rings (SSSR count). The van der Waals surface area contributed by atoms with Gasteiger partial charge in [-0.15, -0.1) is 0 Å². The fraction of sp³-hybridized carbons (Fsp3) is 0.0526. The van der Waals surface area contributed by atoms with Gasteiger partial charge in [0.1, 0.15) is 0 Å². The summed E-state index contributed by atoms with van der Waals surface area (Å²) in [4.78, 5) is 0. The van der Waals surface area contributed by atoms with Crippen molar-refractivity contribution in [3.8, 4) is 0 Å². The first-order valence-corrected chi connectivity index (χ1v) is 6.74. The van der Waals surface area contributed by atoms with Crippen molar-refractivity contribution < 1.29 is 0 Å². The van der Waals surface area contributed by atoms with E-state index in [1.165, 1.54) is 0 Å². The van der Waals surface area contributed by atoms with E-state index >= 15 is 0 Å². The quantitative estimate of drug-likeness (QED) is 0.606. The highest BCUT2D eigenvalue weighted by molar-refractivity contribution is 6.31. The number of halogens is 1. The van der Waals surface area contributed by atoms with Crippen LogP contribution >= 0.6 is 11.6 Å². The van der Waals surface area contributed by atoms with Crippen molar-refractivity contribution in [2.24, 2.45) is 0 Å². The number of hydrogen-bond acceptors (Lipinski definition) is 0. The Morgan fingerprint density at radius 2 is 1.40 bits per heavy atom. The summed E-state index contributed by atoms with van der Waals surface area (Å²) in [5.41, 5.74) is 3.09. The summed E-state index contributed by atoms with van der Waals surface area (Å²) in [6, 6.07) is 31.9. The van der Waals surface area contributed by atoms with Gasteiger partial charge in [0.2, 0.25) is 0 Å². The summed E-state index contributed by atoms with van der Waals surface area (Å²) >= 11 is 6.37. The fourth-order valence-corrected chi connectivity index (χ4v) is 2.52. The highest BCUT2D eigenvalue weighted by Crippen LogP contribution is 2.34. The van der Waals surface area contributed by atoms with Gasteiger partial charge in [0, 0.05) is 10.9 Å². The summed E-state index contributed by atoms with van der Waals surface area (Å²) in [6.45, 7) is 0. The molecule has 4 radical (unpaired) electrons. The van der Waals surface area contributed by atoms with Crippen LogP contribution in [-0.4, -0.2) is 0 Å². The zero-order chi connectivity index (χ0) is 13.8. The highest BCUT2D eigenvalue weighted by Gasteiger charge is 2.18. The molecule has 0 saturated carbocycles. The van der Waals surface area contributed by atoms with Gasteiger partial charge in [0.25, 0.3) is 0 Å². The maximum absolute atomic E-state index is 6.37. The Bertz CT molecular complexity index is 635. The topological polar surface area (TPSA) is 0 Å². The highest BCUT2D eigenvalue weighted by atomic mass is 35.5. The van der Waals surface area contributed by atoms with Crippen LogP contribution in [0.3, 0.4) is 0 Å². The van der Waals surface area contributed by atoms with Crippen LogP contribution < -0.4 is 0 Å². The Hall–Kier alpha value is -2.05. The Morgan fingerprint density at radius 1 is 0.800 bits per heavy atom. The molecule has 0 aliphatic carbocycles. The molecule has 3 aromatic rings. The molecule has 0 saturated heterocycles. The average molecular weight is 275 g/mol. The van der Waals surface area contributed by atoms with E-state index < -0.39 is 0 Å². The predicted molar refractivity (Wildman–Crippen MR) is 80.6 cm³/mol. The molecule has 0 unspecified atom stereocenters. The second-order valence-corrected chi connectivity index (χ2v) is 4.85. The molecule has 0 aromatic heterocycles. The minimum atomic E-state index is -0.00130. The summed E-state index contributed by atoms with van der Waals surface area (Å²) in [6.07, 6.45) is 0. The van der Waals surface area contributed by atoms with E-state index in [2.05, 4.69) is 24.3 Å². The lowest BCUT2D eigenvalue weighted by Gasteiger charge is -2.19. The molecule has 0 nitrogen and oxygen atoms in total. The van der Waals surface area contributed by atoms with Gasteiger partial charge in [-0.3, -0.25) is 0 Å². The number of hydrogen-bond donors (Lipinski definition) is 0. The zero-order valence-electron chi connectivity index (χ0n) is 10.7. The third kappa shape index (κ3) is 2.61. The number of rotatable bonds is 3. The first-order valence-electron chi connectivity index (χ1n) is 6.36. The lowest BCUT2D eigenvalue weighted by Crippen LogP contribution is -2.04. The Kier molecular flexibility index (Phi) is 3.85. The molecule has 0 atom stereocenters. The van der Waals surface area contributed by atoms with E-state index in [-0.39, 0.29) is 5.92 Å². The monoisotopic (exact) mass is 274 g/mol. The minimum absolute atomic E-state index is 0.00130.